The van der Waals surface area contributed by atoms with Crippen molar-refractivity contribution in [1.29, 1.82) is 0 Å². The van der Waals surface area contributed by atoms with Crippen molar-refractivity contribution in [2.75, 3.05) is 12.4 Å². The highest BCUT2D eigenvalue weighted by atomic mass is 19.4. The third kappa shape index (κ3) is 5.11. The Balaban J connectivity index is 1.82. The predicted molar refractivity (Wildman–Crippen MR) is 103 cm³/mol. The topological polar surface area (TPSA) is 108 Å². The number of alkyl halides is 3. The van der Waals surface area contributed by atoms with Gasteiger partial charge in [0.2, 0.25) is 5.95 Å². The van der Waals surface area contributed by atoms with Gasteiger partial charge in [0, 0.05) is 23.6 Å². The van der Waals surface area contributed by atoms with Crippen LogP contribution in [0.5, 0.6) is 0 Å². The number of benzene rings is 1. The second kappa shape index (κ2) is 8.49. The van der Waals surface area contributed by atoms with E-state index >= 15 is 0 Å². The molecule has 0 bridgehead atoms. The van der Waals surface area contributed by atoms with Gasteiger partial charge in [0.25, 0.3) is 0 Å². The van der Waals surface area contributed by atoms with Crippen LogP contribution >= 0.6 is 0 Å². The third-order valence-corrected chi connectivity index (χ3v) is 4.13. The summed E-state index contributed by atoms with van der Waals surface area (Å²) >= 11 is 0. The lowest BCUT2D eigenvalue weighted by Gasteiger charge is -2.11. The Hall–Kier alpha value is -3.47. The number of aryl methyl sites for hydroxylation is 1. The maximum atomic E-state index is 12.9. The molecule has 0 fully saturated rings. The average Bonchev–Trinajstić information content (AvgIpc) is 3.15. The lowest BCUT2D eigenvalue weighted by Crippen LogP contribution is -2.35. The zero-order chi connectivity index (χ0) is 21.9. The molecule has 1 atom stereocenters. The van der Waals surface area contributed by atoms with Crippen LogP contribution in [-0.2, 0) is 22.3 Å². The quantitative estimate of drug-likeness (QED) is 0.591. The largest absolute Gasteiger partial charge is 0.468 e. The number of nitrogens with zero attached hydrogens (tertiary/aromatic N) is 4. The van der Waals surface area contributed by atoms with E-state index in [0.29, 0.717) is 5.69 Å². The van der Waals surface area contributed by atoms with Crippen LogP contribution in [-0.4, -0.2) is 38.9 Å². The van der Waals surface area contributed by atoms with Gasteiger partial charge < -0.3 is 15.8 Å². The van der Waals surface area contributed by atoms with Crippen molar-refractivity contribution >= 4 is 17.6 Å². The van der Waals surface area contributed by atoms with Gasteiger partial charge in [-0.1, -0.05) is 6.07 Å². The molecule has 1 aromatic carbocycles. The van der Waals surface area contributed by atoms with Crippen molar-refractivity contribution < 1.29 is 22.7 Å². The lowest BCUT2D eigenvalue weighted by molar-refractivity contribution is -0.142. The zero-order valence-corrected chi connectivity index (χ0v) is 16.1. The number of carbonyl (C=O) groups excluding carboxylic acids is 1. The molecule has 0 unspecified atom stereocenters. The highest BCUT2D eigenvalue weighted by Crippen LogP contribution is 2.29. The molecule has 8 nitrogen and oxygen atoms in total. The van der Waals surface area contributed by atoms with Gasteiger partial charge in [0.15, 0.2) is 0 Å². The second-order valence-electron chi connectivity index (χ2n) is 6.56. The van der Waals surface area contributed by atoms with E-state index in [1.165, 1.54) is 11.8 Å². The fourth-order valence-electron chi connectivity index (χ4n) is 2.77. The lowest BCUT2D eigenvalue weighted by atomic mass is 10.1. The predicted octanol–water partition coefficient (Wildman–Crippen LogP) is 2.91. The molecular weight excluding hydrogens is 401 g/mol. The molecular formula is C19H19F3N6O2. The molecule has 30 heavy (non-hydrogen) atoms. The maximum absolute atomic E-state index is 12.9. The minimum atomic E-state index is -4.56. The Morgan fingerprint density at radius 1 is 1.30 bits per heavy atom. The first-order chi connectivity index (χ1) is 14.2. The summed E-state index contributed by atoms with van der Waals surface area (Å²) in [4.78, 5) is 18.8. The summed E-state index contributed by atoms with van der Waals surface area (Å²) in [5, 5.41) is 6.99. The number of nitrogens with two attached hydrogens (primary N) is 1. The number of aromatic nitrogens is 4. The Morgan fingerprint density at radius 3 is 2.77 bits per heavy atom. The first-order valence-corrected chi connectivity index (χ1v) is 8.81. The van der Waals surface area contributed by atoms with Crippen LogP contribution in [0.2, 0.25) is 0 Å². The van der Waals surface area contributed by atoms with E-state index in [1.807, 2.05) is 13.0 Å². The Labute approximate surface area is 169 Å². The summed E-state index contributed by atoms with van der Waals surface area (Å²) in [5.74, 6) is -0.712. The summed E-state index contributed by atoms with van der Waals surface area (Å²) in [7, 11) is 1.26. The number of ether oxygens (including phenoxy) is 1. The number of hydrogen-bond acceptors (Lipinski definition) is 7. The van der Waals surface area contributed by atoms with Crippen LogP contribution in [0.4, 0.5) is 24.8 Å². The van der Waals surface area contributed by atoms with E-state index in [9.17, 15) is 18.0 Å². The van der Waals surface area contributed by atoms with Crippen molar-refractivity contribution in [3.05, 3.63) is 54.1 Å². The molecule has 158 valence electrons. The number of hydrogen-bond donors (Lipinski definition) is 2. The minimum absolute atomic E-state index is 0.141. The van der Waals surface area contributed by atoms with Gasteiger partial charge >= 0.3 is 12.1 Å². The monoisotopic (exact) mass is 420 g/mol. The first kappa shape index (κ1) is 21.2. The third-order valence-electron chi connectivity index (χ3n) is 4.13. The first-order valence-electron chi connectivity index (χ1n) is 8.81. The van der Waals surface area contributed by atoms with Crippen LogP contribution in [0.1, 0.15) is 11.3 Å². The number of nitrogens with one attached hydrogen (secondary N) is 1. The standard InChI is InChI=1S/C19H19F3N6O2/c1-11-5-12(13-8-25-28(9-13)10-15(23)17(29)30-2)7-14(6-11)26-18-24-4-3-16(27-18)19(20,21)22/h3-9,15H,10,23H2,1-2H3,(H,24,26,27)/t15-/m0/s1. The number of rotatable bonds is 6. The van der Waals surface area contributed by atoms with E-state index in [0.717, 1.165) is 29.0 Å². The number of methoxy groups -OCH3 is 1. The Bertz CT molecular complexity index is 1050. The maximum Gasteiger partial charge on any atom is 0.433 e. The zero-order valence-electron chi connectivity index (χ0n) is 16.1. The molecule has 0 amide bonds. The van der Waals surface area contributed by atoms with E-state index in [4.69, 9.17) is 5.73 Å². The Kier molecular flexibility index (Phi) is 6.01. The van der Waals surface area contributed by atoms with Crippen LogP contribution in [0.15, 0.2) is 42.9 Å². The van der Waals surface area contributed by atoms with Gasteiger partial charge in [-0.25, -0.2) is 9.97 Å². The van der Waals surface area contributed by atoms with Crippen molar-refractivity contribution in [2.24, 2.45) is 5.73 Å². The van der Waals surface area contributed by atoms with E-state index in [2.05, 4.69) is 25.1 Å². The summed E-state index contributed by atoms with van der Waals surface area (Å²) < 4.78 is 44.7. The van der Waals surface area contributed by atoms with Crippen LogP contribution < -0.4 is 11.1 Å². The van der Waals surface area contributed by atoms with Crippen molar-refractivity contribution in [2.45, 2.75) is 25.7 Å². The van der Waals surface area contributed by atoms with Gasteiger partial charge in [-0.3, -0.25) is 9.48 Å². The fraction of sp³-hybridized carbons (Fsp3) is 0.263. The molecule has 11 heteroatoms. The molecule has 0 saturated carbocycles. The van der Waals surface area contributed by atoms with Gasteiger partial charge in [0.05, 0.1) is 19.9 Å². The molecule has 3 rings (SSSR count). The fourth-order valence-corrected chi connectivity index (χ4v) is 2.77. The van der Waals surface area contributed by atoms with E-state index in [1.54, 1.807) is 24.5 Å². The van der Waals surface area contributed by atoms with Crippen molar-refractivity contribution in [1.82, 2.24) is 19.7 Å². The molecule has 0 aliphatic heterocycles. The molecule has 0 aliphatic carbocycles. The van der Waals surface area contributed by atoms with Crippen LogP contribution in [0, 0.1) is 6.92 Å². The smallest absolute Gasteiger partial charge is 0.433 e. The van der Waals surface area contributed by atoms with Crippen molar-refractivity contribution in [3.8, 4) is 11.1 Å². The molecule has 3 aromatic rings. The number of carbonyl (C=O) groups is 1. The molecule has 0 aliphatic rings. The van der Waals surface area contributed by atoms with Gasteiger partial charge in [0.1, 0.15) is 11.7 Å². The SMILES string of the molecule is COC(=O)[C@@H](N)Cn1cc(-c2cc(C)cc(Nc3nccc(C(F)(F)F)n3)c2)cn1. The summed E-state index contributed by atoms with van der Waals surface area (Å²) in [6, 6.07) is 5.33. The molecule has 0 spiro atoms. The second-order valence-corrected chi connectivity index (χ2v) is 6.56. The minimum Gasteiger partial charge on any atom is -0.468 e. The molecule has 0 radical (unpaired) electrons. The van der Waals surface area contributed by atoms with Gasteiger partial charge in [-0.05, 0) is 36.2 Å². The normalized spacial score (nSPS) is 12.5. The molecule has 3 N–H and O–H groups in total. The van der Waals surface area contributed by atoms with Crippen molar-refractivity contribution in [3.63, 3.8) is 0 Å². The number of anilines is 2. The summed E-state index contributed by atoms with van der Waals surface area (Å²) in [6.07, 6.45) is -0.203. The van der Waals surface area contributed by atoms with Crippen LogP contribution in [0.3, 0.4) is 0 Å². The Morgan fingerprint density at radius 2 is 2.07 bits per heavy atom. The number of halogens is 3. The van der Waals surface area contributed by atoms with E-state index < -0.39 is 23.9 Å². The summed E-state index contributed by atoms with van der Waals surface area (Å²) in [5.41, 5.74) is 7.60. The van der Waals surface area contributed by atoms with Gasteiger partial charge in [-0.15, -0.1) is 0 Å². The number of esters is 1. The van der Waals surface area contributed by atoms with Crippen LogP contribution in [0.25, 0.3) is 11.1 Å². The van der Waals surface area contributed by atoms with Gasteiger partial charge in [-0.2, -0.15) is 18.3 Å². The highest BCUT2D eigenvalue weighted by molar-refractivity contribution is 5.75. The average molecular weight is 420 g/mol. The molecule has 2 heterocycles. The highest BCUT2D eigenvalue weighted by Gasteiger charge is 2.32. The summed E-state index contributed by atoms with van der Waals surface area (Å²) in [6.45, 7) is 1.99. The molecule has 2 aromatic heterocycles. The molecule has 0 saturated heterocycles. The van der Waals surface area contributed by atoms with E-state index in [-0.39, 0.29) is 12.5 Å².